The van der Waals surface area contributed by atoms with Crippen LogP contribution in [0, 0.1) is 0 Å². The van der Waals surface area contributed by atoms with Gasteiger partial charge in [-0.1, -0.05) is 93.3 Å². The van der Waals surface area contributed by atoms with Crippen molar-refractivity contribution in [3.05, 3.63) is 71.8 Å². The average Bonchev–Trinajstić information content (AvgIpc) is 2.62. The first kappa shape index (κ1) is 17.7. The first-order valence-electron chi connectivity index (χ1n) is 8.84. The lowest BCUT2D eigenvalue weighted by molar-refractivity contribution is 0.128. The predicted octanol–water partition coefficient (Wildman–Crippen LogP) is 5.02. The van der Waals surface area contributed by atoms with E-state index in [9.17, 15) is 5.11 Å². The van der Waals surface area contributed by atoms with Crippen LogP contribution < -0.4 is 5.32 Å². The van der Waals surface area contributed by atoms with E-state index in [0.29, 0.717) is 0 Å². The fourth-order valence-corrected chi connectivity index (χ4v) is 2.90. The van der Waals surface area contributed by atoms with Crippen molar-refractivity contribution in [2.75, 3.05) is 6.54 Å². The van der Waals surface area contributed by atoms with Crippen LogP contribution in [-0.4, -0.2) is 11.7 Å². The number of unbranched alkanes of at least 4 members (excludes halogenated alkanes) is 4. The lowest BCUT2D eigenvalue weighted by atomic mass is 9.95. The zero-order valence-electron chi connectivity index (χ0n) is 14.1. The Hall–Kier alpha value is -1.64. The average molecular weight is 311 g/mol. The highest BCUT2D eigenvalue weighted by molar-refractivity contribution is 5.26. The molecule has 0 bridgehead atoms. The smallest absolute Gasteiger partial charge is 0.0984 e. The maximum absolute atomic E-state index is 10.8. The fourth-order valence-electron chi connectivity index (χ4n) is 2.90. The molecule has 2 N–H and O–H groups in total. The van der Waals surface area contributed by atoms with Crippen LogP contribution in [0.15, 0.2) is 60.7 Å². The van der Waals surface area contributed by atoms with Crippen molar-refractivity contribution in [2.24, 2.45) is 0 Å². The van der Waals surface area contributed by atoms with Crippen molar-refractivity contribution >= 4 is 0 Å². The molecule has 0 aromatic heterocycles. The lowest BCUT2D eigenvalue weighted by Gasteiger charge is -2.25. The predicted molar refractivity (Wildman–Crippen MR) is 97.3 cm³/mol. The van der Waals surface area contributed by atoms with Crippen LogP contribution in [0.2, 0.25) is 0 Å². The Bertz CT molecular complexity index is 526. The summed E-state index contributed by atoms with van der Waals surface area (Å²) in [5.74, 6) is 0. The maximum atomic E-state index is 10.8. The summed E-state index contributed by atoms with van der Waals surface area (Å²) in [5.41, 5.74) is 2.09. The topological polar surface area (TPSA) is 32.3 Å². The Kier molecular flexibility index (Phi) is 7.85. The van der Waals surface area contributed by atoms with E-state index in [-0.39, 0.29) is 6.04 Å². The van der Waals surface area contributed by atoms with Gasteiger partial charge in [0.15, 0.2) is 0 Å². The SMILES string of the molecule is CCCCCCCNC(c1ccccc1)C(O)c1ccccc1. The van der Waals surface area contributed by atoms with Gasteiger partial charge in [-0.15, -0.1) is 0 Å². The van der Waals surface area contributed by atoms with Crippen LogP contribution in [0.5, 0.6) is 0 Å². The van der Waals surface area contributed by atoms with Gasteiger partial charge in [-0.05, 0) is 24.1 Å². The van der Waals surface area contributed by atoms with Crippen LogP contribution in [0.3, 0.4) is 0 Å². The molecule has 0 spiro atoms. The summed E-state index contributed by atoms with van der Waals surface area (Å²) in [5, 5.41) is 14.4. The van der Waals surface area contributed by atoms with Gasteiger partial charge in [0.25, 0.3) is 0 Å². The normalized spacial score (nSPS) is 13.7. The van der Waals surface area contributed by atoms with Gasteiger partial charge < -0.3 is 10.4 Å². The molecule has 2 rings (SSSR count). The highest BCUT2D eigenvalue weighted by atomic mass is 16.3. The second-order valence-corrected chi connectivity index (χ2v) is 6.11. The van der Waals surface area contributed by atoms with Crippen molar-refractivity contribution in [2.45, 2.75) is 51.2 Å². The van der Waals surface area contributed by atoms with Gasteiger partial charge in [0, 0.05) is 0 Å². The van der Waals surface area contributed by atoms with Crippen LogP contribution >= 0.6 is 0 Å². The van der Waals surface area contributed by atoms with E-state index in [1.165, 1.54) is 25.7 Å². The van der Waals surface area contributed by atoms with E-state index in [2.05, 4.69) is 24.4 Å². The largest absolute Gasteiger partial charge is 0.386 e. The number of aliphatic hydroxyl groups is 1. The number of aliphatic hydroxyl groups excluding tert-OH is 1. The molecule has 2 heteroatoms. The molecule has 0 fully saturated rings. The Morgan fingerprint density at radius 3 is 1.96 bits per heavy atom. The molecular weight excluding hydrogens is 282 g/mol. The molecule has 23 heavy (non-hydrogen) atoms. The summed E-state index contributed by atoms with van der Waals surface area (Å²) >= 11 is 0. The number of rotatable bonds is 10. The molecule has 0 saturated carbocycles. The van der Waals surface area contributed by atoms with Gasteiger partial charge in [-0.25, -0.2) is 0 Å². The van der Waals surface area contributed by atoms with Gasteiger partial charge in [0.1, 0.15) is 0 Å². The zero-order chi connectivity index (χ0) is 16.3. The molecule has 2 nitrogen and oxygen atoms in total. The second-order valence-electron chi connectivity index (χ2n) is 6.11. The van der Waals surface area contributed by atoms with E-state index in [0.717, 1.165) is 24.1 Å². The van der Waals surface area contributed by atoms with Gasteiger partial charge in [-0.3, -0.25) is 0 Å². The molecule has 0 amide bonds. The summed E-state index contributed by atoms with van der Waals surface area (Å²) < 4.78 is 0. The third kappa shape index (κ3) is 5.81. The monoisotopic (exact) mass is 311 g/mol. The molecule has 0 aliphatic heterocycles. The number of hydrogen-bond acceptors (Lipinski definition) is 2. The summed E-state index contributed by atoms with van der Waals surface area (Å²) in [7, 11) is 0. The summed E-state index contributed by atoms with van der Waals surface area (Å²) in [6, 6.07) is 20.1. The summed E-state index contributed by atoms with van der Waals surface area (Å²) in [6.45, 7) is 3.17. The van der Waals surface area contributed by atoms with E-state index in [4.69, 9.17) is 0 Å². The molecule has 124 valence electrons. The van der Waals surface area contributed by atoms with Gasteiger partial charge >= 0.3 is 0 Å². The third-order valence-corrected chi connectivity index (χ3v) is 4.26. The van der Waals surface area contributed by atoms with Gasteiger partial charge in [0.2, 0.25) is 0 Å². The molecule has 2 atom stereocenters. The van der Waals surface area contributed by atoms with E-state index >= 15 is 0 Å². The molecule has 0 heterocycles. The van der Waals surface area contributed by atoms with Crippen LogP contribution in [0.4, 0.5) is 0 Å². The van der Waals surface area contributed by atoms with Crippen molar-refractivity contribution in [1.29, 1.82) is 0 Å². The molecule has 0 aliphatic rings. The van der Waals surface area contributed by atoms with E-state index < -0.39 is 6.10 Å². The van der Waals surface area contributed by atoms with Gasteiger partial charge in [0.05, 0.1) is 12.1 Å². The van der Waals surface area contributed by atoms with Crippen molar-refractivity contribution in [3.8, 4) is 0 Å². The quantitative estimate of drug-likeness (QED) is 0.604. The summed E-state index contributed by atoms with van der Waals surface area (Å²) in [6.07, 6.45) is 5.76. The Labute approximate surface area is 140 Å². The zero-order valence-corrected chi connectivity index (χ0v) is 14.1. The number of benzene rings is 2. The summed E-state index contributed by atoms with van der Waals surface area (Å²) in [4.78, 5) is 0. The fraction of sp³-hybridized carbons (Fsp3) is 0.429. The molecule has 0 aliphatic carbocycles. The van der Waals surface area contributed by atoms with Crippen LogP contribution in [0.25, 0.3) is 0 Å². The Morgan fingerprint density at radius 1 is 0.783 bits per heavy atom. The molecule has 0 radical (unpaired) electrons. The van der Waals surface area contributed by atoms with Crippen LogP contribution in [0.1, 0.15) is 62.3 Å². The number of hydrogen-bond donors (Lipinski definition) is 2. The van der Waals surface area contributed by atoms with Crippen LogP contribution in [-0.2, 0) is 0 Å². The minimum Gasteiger partial charge on any atom is -0.386 e. The number of nitrogens with one attached hydrogen (secondary N) is 1. The van der Waals surface area contributed by atoms with Crippen molar-refractivity contribution in [3.63, 3.8) is 0 Å². The molecule has 2 unspecified atom stereocenters. The molecule has 2 aromatic carbocycles. The molecule has 2 aromatic rings. The maximum Gasteiger partial charge on any atom is 0.0984 e. The Balaban J connectivity index is 1.98. The lowest BCUT2D eigenvalue weighted by Crippen LogP contribution is -2.28. The van der Waals surface area contributed by atoms with E-state index in [1.807, 2.05) is 48.5 Å². The minimum absolute atomic E-state index is 0.0650. The minimum atomic E-state index is -0.533. The van der Waals surface area contributed by atoms with E-state index in [1.54, 1.807) is 0 Å². The Morgan fingerprint density at radius 2 is 1.35 bits per heavy atom. The molecule has 0 saturated heterocycles. The molecular formula is C21H29NO. The second kappa shape index (κ2) is 10.2. The van der Waals surface area contributed by atoms with Crippen molar-refractivity contribution in [1.82, 2.24) is 5.32 Å². The van der Waals surface area contributed by atoms with Crippen molar-refractivity contribution < 1.29 is 5.11 Å². The first-order chi connectivity index (χ1) is 11.3. The highest BCUT2D eigenvalue weighted by Gasteiger charge is 2.21. The standard InChI is InChI=1S/C21H29NO/c1-2-3-4-5-12-17-22-20(18-13-8-6-9-14-18)21(23)19-15-10-7-11-16-19/h6-11,13-16,20-23H,2-5,12,17H2,1H3. The van der Waals surface area contributed by atoms with Gasteiger partial charge in [-0.2, -0.15) is 0 Å². The highest BCUT2D eigenvalue weighted by Crippen LogP contribution is 2.28. The first-order valence-corrected chi connectivity index (χ1v) is 8.84. The third-order valence-electron chi connectivity index (χ3n) is 4.26.